The summed E-state index contributed by atoms with van der Waals surface area (Å²) in [5.74, 6) is 1.09. The standard InChI is InChI=1S/C32H42F4O/c1-2-3-4-5-23-8-14-26(15-9-23)27-16-10-24(11-17-27)6-7-25-12-19-29(20-13-25)37-32(35,36)28-18-21-30(33)31(34)22-28/h12-13,18-24,26-27H,2-11,14-17H2,1H3. The quantitative estimate of drug-likeness (QED) is 0.212. The second-order valence-electron chi connectivity index (χ2n) is 11.5. The van der Waals surface area contributed by atoms with Crippen molar-refractivity contribution in [2.45, 2.75) is 103 Å². The van der Waals surface area contributed by atoms with Crippen LogP contribution >= 0.6 is 0 Å². The van der Waals surface area contributed by atoms with E-state index in [2.05, 4.69) is 6.92 Å². The van der Waals surface area contributed by atoms with Gasteiger partial charge in [-0.15, -0.1) is 0 Å². The first kappa shape index (κ1) is 28.0. The van der Waals surface area contributed by atoms with Gasteiger partial charge in [-0.2, -0.15) is 8.78 Å². The first-order valence-corrected chi connectivity index (χ1v) is 14.5. The lowest BCUT2D eigenvalue weighted by atomic mass is 9.68. The summed E-state index contributed by atoms with van der Waals surface area (Å²) in [7, 11) is 0. The second-order valence-corrected chi connectivity index (χ2v) is 11.5. The van der Waals surface area contributed by atoms with E-state index in [1.165, 1.54) is 89.2 Å². The highest BCUT2D eigenvalue weighted by atomic mass is 19.3. The van der Waals surface area contributed by atoms with E-state index in [4.69, 9.17) is 4.74 Å². The van der Waals surface area contributed by atoms with Crippen LogP contribution in [-0.4, -0.2) is 0 Å². The van der Waals surface area contributed by atoms with Gasteiger partial charge in [0.2, 0.25) is 0 Å². The van der Waals surface area contributed by atoms with Crippen molar-refractivity contribution < 1.29 is 22.3 Å². The van der Waals surface area contributed by atoms with Gasteiger partial charge in [0.1, 0.15) is 5.75 Å². The van der Waals surface area contributed by atoms with E-state index in [1.54, 1.807) is 0 Å². The van der Waals surface area contributed by atoms with Gasteiger partial charge < -0.3 is 4.74 Å². The van der Waals surface area contributed by atoms with Crippen molar-refractivity contribution in [1.82, 2.24) is 0 Å². The van der Waals surface area contributed by atoms with Crippen LogP contribution in [-0.2, 0) is 12.5 Å². The largest absolute Gasteiger partial charge is 0.429 e. The van der Waals surface area contributed by atoms with Crippen molar-refractivity contribution in [2.75, 3.05) is 0 Å². The molecule has 0 radical (unpaired) electrons. The second kappa shape index (κ2) is 13.2. The monoisotopic (exact) mass is 518 g/mol. The molecular weight excluding hydrogens is 476 g/mol. The molecule has 0 amide bonds. The highest BCUT2D eigenvalue weighted by molar-refractivity contribution is 5.29. The number of ether oxygens (including phenoxy) is 1. The molecule has 2 aromatic carbocycles. The molecule has 4 rings (SSSR count). The molecule has 0 aromatic heterocycles. The molecular formula is C32H42F4O. The summed E-state index contributed by atoms with van der Waals surface area (Å²) in [5.41, 5.74) is 0.387. The van der Waals surface area contributed by atoms with E-state index in [0.717, 1.165) is 48.1 Å². The first-order chi connectivity index (χ1) is 17.8. The van der Waals surface area contributed by atoms with Gasteiger partial charge in [0.15, 0.2) is 11.6 Å². The minimum atomic E-state index is -3.75. The average molecular weight is 519 g/mol. The van der Waals surface area contributed by atoms with Crippen molar-refractivity contribution >= 4 is 0 Å². The van der Waals surface area contributed by atoms with Crippen molar-refractivity contribution in [3.8, 4) is 5.75 Å². The van der Waals surface area contributed by atoms with E-state index >= 15 is 0 Å². The number of halogens is 4. The molecule has 2 saturated carbocycles. The molecule has 0 aliphatic heterocycles. The van der Waals surface area contributed by atoms with Gasteiger partial charge in [0.05, 0.1) is 5.56 Å². The van der Waals surface area contributed by atoms with Crippen molar-refractivity contribution in [2.24, 2.45) is 23.7 Å². The number of benzene rings is 2. The van der Waals surface area contributed by atoms with E-state index < -0.39 is 23.3 Å². The van der Waals surface area contributed by atoms with Crippen LogP contribution in [0.1, 0.15) is 102 Å². The molecule has 2 aliphatic rings. The Morgan fingerprint density at radius 2 is 1.32 bits per heavy atom. The molecule has 0 saturated heterocycles. The van der Waals surface area contributed by atoms with Crippen LogP contribution in [0.3, 0.4) is 0 Å². The van der Waals surface area contributed by atoms with Gasteiger partial charge >= 0.3 is 6.11 Å². The summed E-state index contributed by atoms with van der Waals surface area (Å²) in [6.45, 7) is 2.28. The third-order valence-electron chi connectivity index (χ3n) is 8.93. The summed E-state index contributed by atoms with van der Waals surface area (Å²) in [6, 6.07) is 8.68. The summed E-state index contributed by atoms with van der Waals surface area (Å²) in [5, 5.41) is 0. The molecule has 2 fully saturated rings. The molecule has 37 heavy (non-hydrogen) atoms. The van der Waals surface area contributed by atoms with E-state index in [0.29, 0.717) is 12.1 Å². The molecule has 204 valence electrons. The normalized spacial score (nSPS) is 24.7. The summed E-state index contributed by atoms with van der Waals surface area (Å²) >= 11 is 0. The van der Waals surface area contributed by atoms with Gasteiger partial charge in [-0.3, -0.25) is 0 Å². The molecule has 0 unspecified atom stereocenters. The predicted molar refractivity (Wildman–Crippen MR) is 141 cm³/mol. The fraction of sp³-hybridized carbons (Fsp3) is 0.625. The molecule has 0 bridgehead atoms. The fourth-order valence-corrected chi connectivity index (χ4v) is 6.56. The zero-order chi connectivity index (χ0) is 26.3. The Morgan fingerprint density at radius 1 is 0.730 bits per heavy atom. The maximum atomic E-state index is 14.4. The van der Waals surface area contributed by atoms with Crippen molar-refractivity contribution in [1.29, 1.82) is 0 Å². The highest BCUT2D eigenvalue weighted by Crippen LogP contribution is 2.43. The van der Waals surface area contributed by atoms with Crippen molar-refractivity contribution in [3.05, 3.63) is 65.2 Å². The molecule has 0 atom stereocenters. The van der Waals surface area contributed by atoms with Crippen LogP contribution in [0.2, 0.25) is 0 Å². The Bertz CT molecular complexity index is 957. The molecule has 2 aromatic rings. The molecule has 0 N–H and O–H groups in total. The number of unbranched alkanes of at least 4 members (excludes halogenated alkanes) is 2. The third kappa shape index (κ3) is 7.97. The lowest BCUT2D eigenvalue weighted by Gasteiger charge is -2.38. The highest BCUT2D eigenvalue weighted by Gasteiger charge is 2.35. The summed E-state index contributed by atoms with van der Waals surface area (Å²) in [4.78, 5) is 0. The maximum absolute atomic E-state index is 14.4. The summed E-state index contributed by atoms with van der Waals surface area (Å²) in [6.07, 6.45) is 15.0. The number of hydrogen-bond donors (Lipinski definition) is 0. The number of alkyl halides is 2. The number of aryl methyl sites for hydroxylation is 1. The molecule has 0 spiro atoms. The fourth-order valence-electron chi connectivity index (χ4n) is 6.56. The molecule has 0 heterocycles. The van der Waals surface area contributed by atoms with Crippen LogP contribution in [0.15, 0.2) is 42.5 Å². The third-order valence-corrected chi connectivity index (χ3v) is 8.93. The van der Waals surface area contributed by atoms with Gasteiger partial charge in [0, 0.05) is 0 Å². The minimum Gasteiger partial charge on any atom is -0.429 e. The Kier molecular flexibility index (Phi) is 9.95. The molecule has 5 heteroatoms. The van der Waals surface area contributed by atoms with E-state index in [9.17, 15) is 17.6 Å². The lowest BCUT2D eigenvalue weighted by Crippen LogP contribution is -2.26. The van der Waals surface area contributed by atoms with Gasteiger partial charge in [0.25, 0.3) is 0 Å². The zero-order valence-electron chi connectivity index (χ0n) is 22.2. The Balaban J connectivity index is 1.17. The van der Waals surface area contributed by atoms with Gasteiger partial charge in [-0.25, -0.2) is 8.78 Å². The van der Waals surface area contributed by atoms with Crippen LogP contribution in [0.4, 0.5) is 17.6 Å². The van der Waals surface area contributed by atoms with Crippen LogP contribution in [0, 0.1) is 35.3 Å². The van der Waals surface area contributed by atoms with Crippen LogP contribution in [0.25, 0.3) is 0 Å². The SMILES string of the molecule is CCCCCC1CCC(C2CCC(CCc3ccc(OC(F)(F)c4ccc(F)c(F)c4)cc3)CC2)CC1. The average Bonchev–Trinajstić information content (AvgIpc) is 2.90. The predicted octanol–water partition coefficient (Wildman–Crippen LogP) is 10.2. The Hall–Kier alpha value is -2.04. The van der Waals surface area contributed by atoms with E-state index in [-0.39, 0.29) is 5.75 Å². The number of hydrogen-bond acceptors (Lipinski definition) is 1. The van der Waals surface area contributed by atoms with Crippen LogP contribution < -0.4 is 4.74 Å². The molecule has 1 nitrogen and oxygen atoms in total. The van der Waals surface area contributed by atoms with E-state index in [1.807, 2.05) is 12.1 Å². The topological polar surface area (TPSA) is 9.23 Å². The Labute approximate surface area is 220 Å². The number of rotatable bonds is 11. The molecule has 2 aliphatic carbocycles. The maximum Gasteiger partial charge on any atom is 0.426 e. The smallest absolute Gasteiger partial charge is 0.426 e. The van der Waals surface area contributed by atoms with Gasteiger partial charge in [-0.05, 0) is 98.1 Å². The van der Waals surface area contributed by atoms with Crippen molar-refractivity contribution in [3.63, 3.8) is 0 Å². The zero-order valence-corrected chi connectivity index (χ0v) is 22.2. The lowest BCUT2D eigenvalue weighted by molar-refractivity contribution is -0.185. The van der Waals surface area contributed by atoms with Gasteiger partial charge in [-0.1, -0.05) is 70.4 Å². The van der Waals surface area contributed by atoms with Crippen LogP contribution in [0.5, 0.6) is 5.75 Å². The first-order valence-electron chi connectivity index (χ1n) is 14.5. The Morgan fingerprint density at radius 3 is 1.89 bits per heavy atom. The summed E-state index contributed by atoms with van der Waals surface area (Å²) < 4.78 is 60.0. The minimum absolute atomic E-state index is 0.000856.